The number of hydrogen-bond acceptors (Lipinski definition) is 4. The lowest BCUT2D eigenvalue weighted by Crippen LogP contribution is -2.42. The van der Waals surface area contributed by atoms with Gasteiger partial charge in [0.1, 0.15) is 11.5 Å². The Morgan fingerprint density at radius 3 is 2.89 bits per heavy atom. The van der Waals surface area contributed by atoms with Gasteiger partial charge in [-0.25, -0.2) is 0 Å². The molecule has 27 heavy (non-hydrogen) atoms. The maximum Gasteiger partial charge on any atom is 0.258 e. The first kappa shape index (κ1) is 17.9. The Balaban J connectivity index is 1.45. The Bertz CT molecular complexity index is 829. The van der Waals surface area contributed by atoms with Crippen LogP contribution in [0.15, 0.2) is 42.5 Å². The molecule has 0 bridgehead atoms. The molecule has 0 radical (unpaired) electrons. The van der Waals surface area contributed by atoms with Gasteiger partial charge in [0, 0.05) is 6.42 Å². The predicted molar refractivity (Wildman–Crippen MR) is 102 cm³/mol. The number of aliphatic hydroxyl groups excluding tert-OH is 1. The lowest BCUT2D eigenvalue weighted by atomic mass is 9.75. The van der Waals surface area contributed by atoms with Crippen molar-refractivity contribution in [2.45, 2.75) is 38.3 Å². The summed E-state index contributed by atoms with van der Waals surface area (Å²) in [4.78, 5) is 12.5. The number of nitrogens with one attached hydrogen (secondary N) is 1. The van der Waals surface area contributed by atoms with Gasteiger partial charge in [-0.1, -0.05) is 24.3 Å². The van der Waals surface area contributed by atoms with E-state index in [-0.39, 0.29) is 30.6 Å². The number of aliphatic hydroxyl groups is 1. The number of carbonyl (C=O) groups excluding carboxylic acids is 1. The molecule has 0 saturated heterocycles. The second-order valence-corrected chi connectivity index (χ2v) is 7.45. The zero-order valence-corrected chi connectivity index (χ0v) is 15.5. The summed E-state index contributed by atoms with van der Waals surface area (Å²) >= 11 is 0. The molecule has 1 aliphatic heterocycles. The van der Waals surface area contributed by atoms with Crippen molar-refractivity contribution in [2.24, 2.45) is 5.92 Å². The minimum absolute atomic E-state index is 0.0231. The average molecular weight is 367 g/mol. The Morgan fingerprint density at radius 2 is 2.11 bits per heavy atom. The fourth-order valence-corrected chi connectivity index (χ4v) is 3.85. The van der Waals surface area contributed by atoms with Gasteiger partial charge in [0.2, 0.25) is 0 Å². The Labute approximate surface area is 159 Å². The van der Waals surface area contributed by atoms with E-state index in [2.05, 4.69) is 11.4 Å². The summed E-state index contributed by atoms with van der Waals surface area (Å²) in [6.45, 7) is 2.64. The molecule has 5 nitrogen and oxygen atoms in total. The SMILES string of the molecule is Cc1ccccc1OCC(=O)NC(c1ccc2c(c1)CCO2)C1CC(O)C1. The third-order valence-corrected chi connectivity index (χ3v) is 5.46. The van der Waals surface area contributed by atoms with Crippen LogP contribution < -0.4 is 14.8 Å². The summed E-state index contributed by atoms with van der Waals surface area (Å²) in [5.41, 5.74) is 3.26. The smallest absolute Gasteiger partial charge is 0.258 e. The van der Waals surface area contributed by atoms with Gasteiger partial charge in [-0.2, -0.15) is 0 Å². The first-order valence-electron chi connectivity index (χ1n) is 9.51. The maximum atomic E-state index is 12.5. The van der Waals surface area contributed by atoms with E-state index in [9.17, 15) is 9.90 Å². The number of aryl methyl sites for hydroxylation is 1. The zero-order chi connectivity index (χ0) is 18.8. The number of carbonyl (C=O) groups is 1. The molecule has 2 aromatic rings. The summed E-state index contributed by atoms with van der Waals surface area (Å²) < 4.78 is 11.3. The lowest BCUT2D eigenvalue weighted by molar-refractivity contribution is -0.125. The number of ether oxygens (including phenoxy) is 2. The minimum atomic E-state index is -0.268. The van der Waals surface area contributed by atoms with Crippen LogP contribution in [-0.2, 0) is 11.2 Å². The van der Waals surface area contributed by atoms with Crippen molar-refractivity contribution >= 4 is 5.91 Å². The van der Waals surface area contributed by atoms with Crippen molar-refractivity contribution in [3.05, 3.63) is 59.2 Å². The molecule has 5 heteroatoms. The lowest BCUT2D eigenvalue weighted by Gasteiger charge is -2.38. The fourth-order valence-electron chi connectivity index (χ4n) is 3.85. The molecule has 2 aliphatic rings. The van der Waals surface area contributed by atoms with Gasteiger partial charge in [-0.3, -0.25) is 4.79 Å². The van der Waals surface area contributed by atoms with Crippen LogP contribution in [0.4, 0.5) is 0 Å². The minimum Gasteiger partial charge on any atom is -0.493 e. The van der Waals surface area contributed by atoms with E-state index in [0.29, 0.717) is 19.4 Å². The standard InChI is InChI=1S/C22H25NO4/c1-14-4-2-3-5-19(14)27-13-21(25)23-22(17-11-18(24)12-17)16-6-7-20-15(10-16)8-9-26-20/h2-7,10,17-18,22,24H,8-9,11-13H2,1H3,(H,23,25). The molecule has 2 aromatic carbocycles. The molecule has 1 fully saturated rings. The largest absolute Gasteiger partial charge is 0.493 e. The summed E-state index contributed by atoms with van der Waals surface area (Å²) in [6, 6.07) is 13.7. The highest BCUT2D eigenvalue weighted by molar-refractivity contribution is 5.78. The van der Waals surface area contributed by atoms with Gasteiger partial charge in [0.25, 0.3) is 5.91 Å². The number of amides is 1. The van der Waals surface area contributed by atoms with E-state index in [1.807, 2.05) is 43.3 Å². The van der Waals surface area contributed by atoms with Crippen LogP contribution in [-0.4, -0.2) is 30.3 Å². The number of benzene rings is 2. The van der Waals surface area contributed by atoms with Crippen molar-refractivity contribution in [2.75, 3.05) is 13.2 Å². The van der Waals surface area contributed by atoms with E-state index < -0.39 is 0 Å². The van der Waals surface area contributed by atoms with Crippen molar-refractivity contribution in [1.29, 1.82) is 0 Å². The van der Waals surface area contributed by atoms with Crippen LogP contribution in [0.2, 0.25) is 0 Å². The van der Waals surface area contributed by atoms with Crippen LogP contribution in [0.1, 0.15) is 35.6 Å². The Kier molecular flexibility index (Phi) is 5.03. The zero-order valence-electron chi connectivity index (χ0n) is 15.5. The molecule has 2 N–H and O–H groups in total. The highest BCUT2D eigenvalue weighted by atomic mass is 16.5. The summed E-state index contributed by atoms with van der Waals surface area (Å²) in [6.07, 6.45) is 2.04. The number of hydrogen-bond donors (Lipinski definition) is 2. The molecule has 1 saturated carbocycles. The van der Waals surface area contributed by atoms with Crippen molar-refractivity contribution in [3.63, 3.8) is 0 Å². The molecule has 1 atom stereocenters. The molecule has 0 spiro atoms. The monoisotopic (exact) mass is 367 g/mol. The highest BCUT2D eigenvalue weighted by Gasteiger charge is 2.36. The number of rotatable bonds is 6. The first-order chi connectivity index (χ1) is 13.1. The molecule has 1 amide bonds. The molecule has 1 aliphatic carbocycles. The average Bonchev–Trinajstić information content (AvgIpc) is 3.11. The Hall–Kier alpha value is -2.53. The molecule has 1 heterocycles. The van der Waals surface area contributed by atoms with E-state index >= 15 is 0 Å². The van der Waals surface area contributed by atoms with E-state index in [0.717, 1.165) is 29.0 Å². The van der Waals surface area contributed by atoms with Gasteiger partial charge >= 0.3 is 0 Å². The van der Waals surface area contributed by atoms with Crippen molar-refractivity contribution in [1.82, 2.24) is 5.32 Å². The van der Waals surface area contributed by atoms with Gasteiger partial charge in [-0.15, -0.1) is 0 Å². The normalized spacial score (nSPS) is 21.6. The molecular weight excluding hydrogens is 342 g/mol. The summed E-state index contributed by atoms with van der Waals surface area (Å²) in [7, 11) is 0. The molecular formula is C22H25NO4. The van der Waals surface area contributed by atoms with Gasteiger partial charge in [0.05, 0.1) is 18.8 Å². The van der Waals surface area contributed by atoms with Gasteiger partial charge in [0.15, 0.2) is 6.61 Å². The third kappa shape index (κ3) is 3.93. The second-order valence-electron chi connectivity index (χ2n) is 7.45. The van der Waals surface area contributed by atoms with Crippen molar-refractivity contribution in [3.8, 4) is 11.5 Å². The first-order valence-corrected chi connectivity index (χ1v) is 9.51. The predicted octanol–water partition coefficient (Wildman–Crippen LogP) is 2.94. The fraction of sp³-hybridized carbons (Fsp3) is 0.409. The molecule has 142 valence electrons. The topological polar surface area (TPSA) is 67.8 Å². The van der Waals surface area contributed by atoms with Gasteiger partial charge < -0.3 is 19.9 Å². The van der Waals surface area contributed by atoms with E-state index in [4.69, 9.17) is 9.47 Å². The van der Waals surface area contributed by atoms with Crippen LogP contribution in [0.3, 0.4) is 0 Å². The summed E-state index contributed by atoms with van der Waals surface area (Å²) in [5, 5.41) is 12.8. The van der Waals surface area contributed by atoms with Crippen LogP contribution in [0, 0.1) is 12.8 Å². The van der Waals surface area contributed by atoms with Gasteiger partial charge in [-0.05, 0) is 60.6 Å². The number of fused-ring (bicyclic) bond motifs is 1. The molecule has 1 unspecified atom stereocenters. The van der Waals surface area contributed by atoms with E-state index in [1.54, 1.807) is 0 Å². The van der Waals surface area contributed by atoms with Crippen LogP contribution >= 0.6 is 0 Å². The maximum absolute atomic E-state index is 12.5. The van der Waals surface area contributed by atoms with Crippen LogP contribution in [0.25, 0.3) is 0 Å². The quantitative estimate of drug-likeness (QED) is 0.824. The third-order valence-electron chi connectivity index (χ3n) is 5.46. The highest BCUT2D eigenvalue weighted by Crippen LogP contribution is 2.39. The molecule has 4 rings (SSSR count). The Morgan fingerprint density at radius 1 is 1.30 bits per heavy atom. The van der Waals surface area contributed by atoms with Crippen LogP contribution in [0.5, 0.6) is 11.5 Å². The number of para-hydroxylation sites is 1. The summed E-state index contributed by atoms with van der Waals surface area (Å²) in [5.74, 6) is 1.74. The van der Waals surface area contributed by atoms with Crippen molar-refractivity contribution < 1.29 is 19.4 Å². The van der Waals surface area contributed by atoms with E-state index in [1.165, 1.54) is 5.56 Å². The molecule has 0 aromatic heterocycles. The second kappa shape index (κ2) is 7.61.